The monoisotopic (exact) mass is 581 g/mol. The maximum absolute atomic E-state index is 13.3. The molecule has 0 unspecified atom stereocenters. The Hall–Kier alpha value is -3.97. The number of carbonyl (C=O) groups excluding carboxylic acids is 3. The fraction of sp³-hybridized carbons (Fsp3) is 0.429. The summed E-state index contributed by atoms with van der Waals surface area (Å²) >= 11 is 0. The largest absolute Gasteiger partial charge is 0.480 e. The van der Waals surface area contributed by atoms with Crippen molar-refractivity contribution in [1.29, 1.82) is 0 Å². The Morgan fingerprint density at radius 2 is 1.51 bits per heavy atom. The van der Waals surface area contributed by atoms with Crippen LogP contribution in [0.2, 0.25) is 0 Å². The number of ether oxygens (including phenoxy) is 2. The summed E-state index contributed by atoms with van der Waals surface area (Å²) in [6, 6.07) is 14.6. The molecule has 1 aliphatic rings. The summed E-state index contributed by atoms with van der Waals surface area (Å²) in [6.45, 7) is 0.463. The molecule has 3 rings (SSSR count). The fourth-order valence-corrected chi connectivity index (χ4v) is 3.83. The average molecular weight is 582 g/mol. The smallest absolute Gasteiger partial charge is 0.471 e. The van der Waals surface area contributed by atoms with E-state index in [4.69, 9.17) is 20.3 Å². The highest BCUT2D eigenvalue weighted by Crippen LogP contribution is 2.24. The number of esters is 1. The Morgan fingerprint density at radius 3 is 1.95 bits per heavy atom. The maximum Gasteiger partial charge on any atom is 0.471 e. The van der Waals surface area contributed by atoms with Crippen LogP contribution in [0.15, 0.2) is 60.7 Å². The lowest BCUT2D eigenvalue weighted by atomic mass is 10.1. The van der Waals surface area contributed by atoms with Crippen molar-refractivity contribution < 1.29 is 46.9 Å². The van der Waals surface area contributed by atoms with Crippen molar-refractivity contribution in [2.75, 3.05) is 13.1 Å². The molecular formula is C28H34F3N3O7. The van der Waals surface area contributed by atoms with Gasteiger partial charge >= 0.3 is 30.1 Å². The predicted octanol–water partition coefficient (Wildman–Crippen LogP) is 3.78. The Labute approximate surface area is 235 Å². The van der Waals surface area contributed by atoms with E-state index in [0.29, 0.717) is 17.5 Å². The van der Waals surface area contributed by atoms with Crippen LogP contribution in [0, 0.1) is 0 Å². The van der Waals surface area contributed by atoms with E-state index in [1.165, 1.54) is 0 Å². The van der Waals surface area contributed by atoms with Crippen molar-refractivity contribution >= 4 is 23.9 Å². The first-order valence-electron chi connectivity index (χ1n) is 13.0. The molecule has 0 saturated carbocycles. The molecule has 41 heavy (non-hydrogen) atoms. The molecular weight excluding hydrogens is 547 g/mol. The number of hydrogen-bond donors (Lipinski definition) is 3. The van der Waals surface area contributed by atoms with Crippen LogP contribution in [-0.2, 0) is 37.1 Å². The minimum absolute atomic E-state index is 0.190. The van der Waals surface area contributed by atoms with Gasteiger partial charge in [-0.15, -0.1) is 0 Å². The van der Waals surface area contributed by atoms with Crippen molar-refractivity contribution in [3.63, 3.8) is 0 Å². The summed E-state index contributed by atoms with van der Waals surface area (Å²) in [7, 11) is 0. The second-order valence-corrected chi connectivity index (χ2v) is 9.09. The van der Waals surface area contributed by atoms with E-state index in [1.54, 1.807) is 60.7 Å². The van der Waals surface area contributed by atoms with E-state index < -0.39 is 36.2 Å². The van der Waals surface area contributed by atoms with Crippen LogP contribution in [0.5, 0.6) is 0 Å². The number of rotatable bonds is 11. The summed E-state index contributed by atoms with van der Waals surface area (Å²) in [5.41, 5.74) is 6.52. The van der Waals surface area contributed by atoms with Gasteiger partial charge in [-0.2, -0.15) is 13.2 Å². The van der Waals surface area contributed by atoms with E-state index in [2.05, 4.69) is 5.32 Å². The maximum atomic E-state index is 13.3. The van der Waals surface area contributed by atoms with Crippen LogP contribution < -0.4 is 11.1 Å². The molecule has 0 aromatic heterocycles. The number of carboxylic acids is 1. The number of amides is 2. The number of carboxylic acid groups (broad SMARTS) is 1. The van der Waals surface area contributed by atoms with E-state index in [-0.39, 0.29) is 43.5 Å². The molecule has 1 fully saturated rings. The van der Waals surface area contributed by atoms with Gasteiger partial charge in [-0.3, -0.25) is 9.59 Å². The van der Waals surface area contributed by atoms with Crippen LogP contribution >= 0.6 is 0 Å². The molecule has 2 amide bonds. The Kier molecular flexibility index (Phi) is 13.8. The van der Waals surface area contributed by atoms with Gasteiger partial charge in [-0.1, -0.05) is 60.7 Å². The molecule has 2 aromatic rings. The summed E-state index contributed by atoms with van der Waals surface area (Å²) < 4.78 is 50.0. The van der Waals surface area contributed by atoms with E-state index >= 15 is 0 Å². The molecule has 1 saturated heterocycles. The molecule has 0 spiro atoms. The highest BCUT2D eigenvalue weighted by molar-refractivity contribution is 5.99. The topological polar surface area (TPSA) is 148 Å². The second kappa shape index (κ2) is 17.0. The number of carbonyl (C=O) groups is 4. The quantitative estimate of drug-likeness (QED) is 0.266. The van der Waals surface area contributed by atoms with Crippen LogP contribution in [0.25, 0.3) is 0 Å². The Bertz CT molecular complexity index is 1110. The van der Waals surface area contributed by atoms with E-state index in [9.17, 15) is 32.3 Å². The SMILES string of the molecule is NCCCC[C@@H](C(=O)OCc1ccccc1)N(C(=O)OCc1ccccc1)C(=O)C(F)(F)F.O=C(O)[C@@H]1CCCN1. The van der Waals surface area contributed by atoms with Crippen LogP contribution in [0.3, 0.4) is 0 Å². The highest BCUT2D eigenvalue weighted by atomic mass is 19.4. The van der Waals surface area contributed by atoms with Crippen molar-refractivity contribution in [3.8, 4) is 0 Å². The van der Waals surface area contributed by atoms with Crippen LogP contribution in [0.1, 0.15) is 43.2 Å². The van der Waals surface area contributed by atoms with Gasteiger partial charge in [0.1, 0.15) is 25.3 Å². The number of unbranched alkanes of at least 4 members (excludes halogenated alkanes) is 1. The summed E-state index contributed by atoms with van der Waals surface area (Å²) in [4.78, 5) is 47.4. The van der Waals surface area contributed by atoms with Gasteiger partial charge in [-0.05, 0) is 56.3 Å². The number of nitrogens with zero attached hydrogens (tertiary/aromatic N) is 1. The third-order valence-electron chi connectivity index (χ3n) is 5.96. The number of nitrogens with one attached hydrogen (secondary N) is 1. The van der Waals surface area contributed by atoms with E-state index in [1.807, 2.05) is 0 Å². The number of hydrogen-bond acceptors (Lipinski definition) is 8. The number of benzene rings is 2. The molecule has 0 bridgehead atoms. The molecule has 2 aromatic carbocycles. The van der Waals surface area contributed by atoms with Gasteiger partial charge in [0.25, 0.3) is 0 Å². The fourth-order valence-electron chi connectivity index (χ4n) is 3.83. The lowest BCUT2D eigenvalue weighted by Gasteiger charge is -2.28. The van der Waals surface area contributed by atoms with Gasteiger partial charge in [0.2, 0.25) is 0 Å². The highest BCUT2D eigenvalue weighted by Gasteiger charge is 2.50. The van der Waals surface area contributed by atoms with E-state index in [0.717, 1.165) is 19.4 Å². The van der Waals surface area contributed by atoms with Gasteiger partial charge < -0.3 is 25.6 Å². The predicted molar refractivity (Wildman–Crippen MR) is 141 cm³/mol. The first kappa shape index (κ1) is 33.2. The summed E-state index contributed by atoms with van der Waals surface area (Å²) in [6.07, 6.45) is -4.91. The zero-order chi connectivity index (χ0) is 30.3. The summed E-state index contributed by atoms with van der Waals surface area (Å²) in [5, 5.41) is 11.2. The summed E-state index contributed by atoms with van der Waals surface area (Å²) in [5.74, 6) is -4.37. The van der Waals surface area contributed by atoms with Gasteiger partial charge in [0.05, 0.1) is 0 Å². The van der Waals surface area contributed by atoms with Gasteiger partial charge in [0, 0.05) is 0 Å². The molecule has 1 aliphatic heterocycles. The number of halogens is 3. The van der Waals surface area contributed by atoms with Crippen molar-refractivity contribution in [2.24, 2.45) is 5.73 Å². The molecule has 0 radical (unpaired) electrons. The number of aliphatic carboxylic acids is 1. The van der Waals surface area contributed by atoms with Gasteiger partial charge in [0.15, 0.2) is 0 Å². The molecule has 1 heterocycles. The zero-order valence-corrected chi connectivity index (χ0v) is 22.3. The Balaban J connectivity index is 0.000000629. The zero-order valence-electron chi connectivity index (χ0n) is 22.3. The third kappa shape index (κ3) is 11.6. The lowest BCUT2D eigenvalue weighted by Crippen LogP contribution is -2.54. The molecule has 13 heteroatoms. The third-order valence-corrected chi connectivity index (χ3v) is 5.96. The van der Waals surface area contributed by atoms with Crippen LogP contribution in [-0.4, -0.2) is 65.3 Å². The number of imide groups is 1. The standard InChI is InChI=1S/C23H25F3N2O5.C5H9NO2/c24-23(25,26)21(30)28(22(31)33-16-18-11-5-2-6-12-18)19(13-7-8-14-27)20(29)32-15-17-9-3-1-4-10-17;7-5(8)4-2-1-3-6-4/h1-6,9-12,19H,7-8,13-16,27H2;4,6H,1-3H2,(H,7,8)/t19-;4-/m00/s1. The minimum Gasteiger partial charge on any atom is -0.480 e. The van der Waals surface area contributed by atoms with Gasteiger partial charge in [-0.25, -0.2) is 14.5 Å². The van der Waals surface area contributed by atoms with Crippen molar-refractivity contribution in [3.05, 3.63) is 71.8 Å². The Morgan fingerprint density at radius 1 is 0.951 bits per heavy atom. The number of alkyl halides is 3. The molecule has 224 valence electrons. The molecule has 4 N–H and O–H groups in total. The second-order valence-electron chi connectivity index (χ2n) is 9.09. The first-order valence-corrected chi connectivity index (χ1v) is 13.0. The normalized spacial score (nSPS) is 15.2. The lowest BCUT2D eigenvalue weighted by molar-refractivity contribution is -0.188. The molecule has 2 atom stereocenters. The van der Waals surface area contributed by atoms with Crippen molar-refractivity contribution in [1.82, 2.24) is 10.2 Å². The first-order chi connectivity index (χ1) is 19.5. The molecule has 10 nitrogen and oxygen atoms in total. The average Bonchev–Trinajstić information content (AvgIpc) is 3.51. The van der Waals surface area contributed by atoms with Crippen LogP contribution in [0.4, 0.5) is 18.0 Å². The minimum atomic E-state index is -5.41. The van der Waals surface area contributed by atoms with Crippen molar-refractivity contribution in [2.45, 2.75) is 63.6 Å². The number of nitrogens with two attached hydrogens (primary N) is 1. The molecule has 0 aliphatic carbocycles.